The van der Waals surface area contributed by atoms with Crippen molar-refractivity contribution in [3.8, 4) is 0 Å². The Morgan fingerprint density at radius 1 is 1.27 bits per heavy atom. The van der Waals surface area contributed by atoms with Crippen LogP contribution in [0.1, 0.15) is 54.4 Å². The minimum atomic E-state index is -0.00218. The second kappa shape index (κ2) is 4.06. The summed E-state index contributed by atoms with van der Waals surface area (Å²) in [5.41, 5.74) is 5.90. The van der Waals surface area contributed by atoms with Gasteiger partial charge in [-0.1, -0.05) is 6.92 Å². The maximum absolute atomic E-state index is 6.11. The van der Waals surface area contributed by atoms with E-state index in [9.17, 15) is 0 Å². The van der Waals surface area contributed by atoms with E-state index in [2.05, 4.69) is 41.5 Å². The third-order valence-corrected chi connectivity index (χ3v) is 3.57. The van der Waals surface area contributed by atoms with Crippen molar-refractivity contribution in [2.45, 2.75) is 71.6 Å². The molecule has 1 aliphatic rings. The summed E-state index contributed by atoms with van der Waals surface area (Å²) in [4.78, 5) is 0. The van der Waals surface area contributed by atoms with Crippen LogP contribution in [0.2, 0.25) is 0 Å². The highest BCUT2D eigenvalue weighted by Gasteiger charge is 2.47. The molecule has 1 fully saturated rings. The van der Waals surface area contributed by atoms with Crippen molar-refractivity contribution in [3.05, 3.63) is 0 Å². The van der Waals surface area contributed by atoms with Gasteiger partial charge in [0.1, 0.15) is 0 Å². The number of nitrogens with two attached hydrogens (primary N) is 1. The van der Waals surface area contributed by atoms with Gasteiger partial charge in [0, 0.05) is 6.04 Å². The van der Waals surface area contributed by atoms with Gasteiger partial charge in [-0.3, -0.25) is 0 Å². The van der Waals surface area contributed by atoms with E-state index >= 15 is 0 Å². The molecular weight excluding hydrogens is 186 g/mol. The van der Waals surface area contributed by atoms with Gasteiger partial charge in [-0.25, -0.2) is 0 Å². The summed E-state index contributed by atoms with van der Waals surface area (Å²) in [5, 5.41) is 0. The number of hydrogen-bond donors (Lipinski definition) is 1. The summed E-state index contributed by atoms with van der Waals surface area (Å²) >= 11 is 0. The van der Waals surface area contributed by atoms with Crippen molar-refractivity contribution in [1.29, 1.82) is 0 Å². The maximum Gasteiger partial charge on any atom is 0.0665 e. The molecule has 1 saturated heterocycles. The van der Waals surface area contributed by atoms with Gasteiger partial charge >= 0.3 is 0 Å². The van der Waals surface area contributed by atoms with Gasteiger partial charge < -0.3 is 10.5 Å². The van der Waals surface area contributed by atoms with E-state index in [-0.39, 0.29) is 11.2 Å². The molecule has 2 N–H and O–H groups in total. The molecule has 0 aromatic rings. The second-order valence-electron chi connectivity index (χ2n) is 6.47. The highest BCUT2D eigenvalue weighted by molar-refractivity contribution is 4.96. The third-order valence-electron chi connectivity index (χ3n) is 3.57. The normalized spacial score (nSPS) is 32.6. The van der Waals surface area contributed by atoms with Crippen molar-refractivity contribution in [2.75, 3.05) is 0 Å². The summed E-state index contributed by atoms with van der Waals surface area (Å²) in [6.45, 7) is 13.2. The van der Waals surface area contributed by atoms with Crippen LogP contribution in [0.15, 0.2) is 0 Å². The van der Waals surface area contributed by atoms with Crippen LogP contribution >= 0.6 is 0 Å². The van der Waals surface area contributed by atoms with Gasteiger partial charge in [-0.05, 0) is 59.3 Å². The second-order valence-corrected chi connectivity index (χ2v) is 6.47. The summed E-state index contributed by atoms with van der Waals surface area (Å²) in [6, 6.07) is 0.291. The van der Waals surface area contributed by atoms with Gasteiger partial charge in [0.25, 0.3) is 0 Å². The van der Waals surface area contributed by atoms with E-state index in [0.717, 1.165) is 12.8 Å². The zero-order chi connectivity index (χ0) is 11.9. The maximum atomic E-state index is 6.11. The first-order chi connectivity index (χ1) is 6.64. The highest BCUT2D eigenvalue weighted by atomic mass is 16.5. The first-order valence-corrected chi connectivity index (χ1v) is 6.10. The Morgan fingerprint density at radius 3 is 2.13 bits per heavy atom. The van der Waals surface area contributed by atoms with Crippen LogP contribution in [0.3, 0.4) is 0 Å². The van der Waals surface area contributed by atoms with Crippen LogP contribution in [0.5, 0.6) is 0 Å². The molecule has 2 heteroatoms. The van der Waals surface area contributed by atoms with Crippen molar-refractivity contribution < 1.29 is 4.74 Å². The van der Waals surface area contributed by atoms with E-state index in [1.54, 1.807) is 0 Å². The number of ether oxygens (including phenoxy) is 1. The molecule has 1 aliphatic heterocycles. The van der Waals surface area contributed by atoms with Crippen LogP contribution < -0.4 is 5.73 Å². The molecule has 0 amide bonds. The Balaban J connectivity index is 2.69. The molecule has 0 radical (unpaired) electrons. The van der Waals surface area contributed by atoms with Crippen molar-refractivity contribution in [1.82, 2.24) is 0 Å². The quantitative estimate of drug-likeness (QED) is 0.782. The first kappa shape index (κ1) is 13.0. The standard InChI is InChI=1S/C13H27NO/c1-9(7-10(2)14)11-8-12(3,4)15-13(11,5)6/h9-11H,7-8,14H2,1-6H3. The Labute approximate surface area is 94.6 Å². The predicted molar refractivity (Wildman–Crippen MR) is 64.8 cm³/mol. The fraction of sp³-hybridized carbons (Fsp3) is 1.00. The third kappa shape index (κ3) is 3.18. The molecular formula is C13H27NO. The Morgan fingerprint density at radius 2 is 1.80 bits per heavy atom. The Kier molecular flexibility index (Phi) is 3.52. The predicted octanol–water partition coefficient (Wildman–Crippen LogP) is 2.95. The zero-order valence-electron chi connectivity index (χ0n) is 11.1. The smallest absolute Gasteiger partial charge is 0.0665 e. The van der Waals surface area contributed by atoms with E-state index in [1.807, 2.05) is 0 Å². The minimum Gasteiger partial charge on any atom is -0.369 e. The zero-order valence-corrected chi connectivity index (χ0v) is 11.1. The minimum absolute atomic E-state index is 0.00218. The van der Waals surface area contributed by atoms with Crippen LogP contribution in [0, 0.1) is 11.8 Å². The lowest BCUT2D eigenvalue weighted by molar-refractivity contribution is -0.0796. The molecule has 15 heavy (non-hydrogen) atoms. The molecule has 3 atom stereocenters. The summed E-state index contributed by atoms with van der Waals surface area (Å²) in [7, 11) is 0. The first-order valence-electron chi connectivity index (χ1n) is 6.10. The Hall–Kier alpha value is -0.0800. The molecule has 0 aliphatic carbocycles. The number of hydrogen-bond acceptors (Lipinski definition) is 2. The molecule has 90 valence electrons. The van der Waals surface area contributed by atoms with E-state index < -0.39 is 0 Å². The SMILES string of the molecule is CC(N)CC(C)C1CC(C)(C)OC1(C)C. The molecule has 1 heterocycles. The lowest BCUT2D eigenvalue weighted by atomic mass is 9.76. The largest absolute Gasteiger partial charge is 0.369 e. The molecule has 3 unspecified atom stereocenters. The van der Waals surface area contributed by atoms with Crippen LogP contribution in [0.25, 0.3) is 0 Å². The topological polar surface area (TPSA) is 35.2 Å². The monoisotopic (exact) mass is 213 g/mol. The van der Waals surface area contributed by atoms with Crippen LogP contribution in [-0.2, 0) is 4.74 Å². The molecule has 2 nitrogen and oxygen atoms in total. The van der Waals surface area contributed by atoms with Crippen molar-refractivity contribution >= 4 is 0 Å². The fourth-order valence-electron chi connectivity index (χ4n) is 3.24. The molecule has 0 aromatic carbocycles. The average Bonchev–Trinajstić information content (AvgIpc) is 2.17. The average molecular weight is 213 g/mol. The summed E-state index contributed by atoms with van der Waals surface area (Å²) < 4.78 is 6.11. The lowest BCUT2D eigenvalue weighted by Gasteiger charge is -2.31. The molecule has 0 spiro atoms. The van der Waals surface area contributed by atoms with Crippen molar-refractivity contribution in [3.63, 3.8) is 0 Å². The lowest BCUT2D eigenvalue weighted by Crippen LogP contribution is -2.34. The summed E-state index contributed by atoms with van der Waals surface area (Å²) in [6.07, 6.45) is 2.24. The van der Waals surface area contributed by atoms with Gasteiger partial charge in [0.05, 0.1) is 11.2 Å². The molecule has 0 aromatic heterocycles. The van der Waals surface area contributed by atoms with E-state index in [4.69, 9.17) is 10.5 Å². The highest BCUT2D eigenvalue weighted by Crippen LogP contribution is 2.46. The van der Waals surface area contributed by atoms with Gasteiger partial charge in [-0.15, -0.1) is 0 Å². The fourth-order valence-corrected chi connectivity index (χ4v) is 3.24. The van der Waals surface area contributed by atoms with Crippen LogP contribution in [-0.4, -0.2) is 17.2 Å². The van der Waals surface area contributed by atoms with Gasteiger partial charge in [0.15, 0.2) is 0 Å². The Bertz CT molecular complexity index is 221. The van der Waals surface area contributed by atoms with Crippen molar-refractivity contribution in [2.24, 2.45) is 17.6 Å². The van der Waals surface area contributed by atoms with Gasteiger partial charge in [0.2, 0.25) is 0 Å². The van der Waals surface area contributed by atoms with Gasteiger partial charge in [-0.2, -0.15) is 0 Å². The van der Waals surface area contributed by atoms with Crippen LogP contribution in [0.4, 0.5) is 0 Å². The van der Waals surface area contributed by atoms with E-state index in [1.165, 1.54) is 0 Å². The molecule has 0 saturated carbocycles. The molecule has 0 bridgehead atoms. The van der Waals surface area contributed by atoms with E-state index in [0.29, 0.717) is 17.9 Å². The molecule has 1 rings (SSSR count). The number of rotatable bonds is 3. The summed E-state index contributed by atoms with van der Waals surface area (Å²) in [5.74, 6) is 1.26.